The number of hydrogen-bond donors (Lipinski definition) is 1. The van der Waals surface area contributed by atoms with Gasteiger partial charge in [-0.15, -0.1) is 0 Å². The molecule has 0 aliphatic rings. The number of rotatable bonds is 3. The molecule has 0 saturated heterocycles. The van der Waals surface area contributed by atoms with Crippen LogP contribution in [0, 0.1) is 17.0 Å². The fourth-order valence-corrected chi connectivity index (χ4v) is 1.46. The van der Waals surface area contributed by atoms with Crippen LogP contribution in [0.3, 0.4) is 0 Å². The van der Waals surface area contributed by atoms with E-state index in [0.717, 1.165) is 5.69 Å². The maximum absolute atomic E-state index is 10.7. The number of nitrogens with zero attached hydrogens (tertiary/aromatic N) is 2. The molecule has 82 valence electrons. The van der Waals surface area contributed by atoms with E-state index < -0.39 is 4.92 Å². The fourth-order valence-electron chi connectivity index (χ4n) is 1.46. The van der Waals surface area contributed by atoms with E-state index in [4.69, 9.17) is 5.11 Å². The second-order valence-electron chi connectivity index (χ2n) is 3.58. The normalized spacial score (nSPS) is 10.1. The number of aryl methyl sites for hydroxylation is 1. The molecule has 0 spiro atoms. The maximum atomic E-state index is 10.7. The summed E-state index contributed by atoms with van der Waals surface area (Å²) in [5.41, 5.74) is 2.02. The molecule has 5 nitrogen and oxygen atoms in total. The Balaban J connectivity index is 3.35. The summed E-state index contributed by atoms with van der Waals surface area (Å²) in [4.78, 5) is 12.1. The van der Waals surface area contributed by atoms with Gasteiger partial charge in [0.2, 0.25) is 0 Å². The van der Waals surface area contributed by atoms with Crippen molar-refractivity contribution in [2.45, 2.75) is 13.5 Å². The quantitative estimate of drug-likeness (QED) is 0.606. The molecule has 1 aromatic carbocycles. The van der Waals surface area contributed by atoms with Crippen LogP contribution in [0.25, 0.3) is 0 Å². The molecular formula is C10H14N2O3. The van der Waals surface area contributed by atoms with Gasteiger partial charge in [0.1, 0.15) is 0 Å². The third kappa shape index (κ3) is 2.24. The summed E-state index contributed by atoms with van der Waals surface area (Å²) >= 11 is 0. The van der Waals surface area contributed by atoms with Crippen LogP contribution in [-0.2, 0) is 6.61 Å². The zero-order chi connectivity index (χ0) is 11.6. The van der Waals surface area contributed by atoms with E-state index in [1.807, 2.05) is 19.0 Å². The van der Waals surface area contributed by atoms with Crippen LogP contribution in [0.4, 0.5) is 11.4 Å². The number of aliphatic hydroxyl groups excluding tert-OH is 1. The first-order chi connectivity index (χ1) is 6.97. The first kappa shape index (κ1) is 11.5. The van der Waals surface area contributed by atoms with Gasteiger partial charge in [0.15, 0.2) is 0 Å². The third-order valence-electron chi connectivity index (χ3n) is 2.25. The van der Waals surface area contributed by atoms with Crippen molar-refractivity contribution in [3.63, 3.8) is 0 Å². The van der Waals surface area contributed by atoms with Gasteiger partial charge in [0.25, 0.3) is 5.69 Å². The lowest BCUT2D eigenvalue weighted by Crippen LogP contribution is -2.12. The zero-order valence-electron chi connectivity index (χ0n) is 9.02. The van der Waals surface area contributed by atoms with Crippen LogP contribution in [0.1, 0.15) is 11.1 Å². The highest BCUT2D eigenvalue weighted by atomic mass is 16.6. The SMILES string of the molecule is Cc1cc(N(C)C)c(CO)cc1[N+](=O)[O-]. The molecule has 1 aromatic rings. The second-order valence-corrected chi connectivity index (χ2v) is 3.58. The molecule has 1 N–H and O–H groups in total. The predicted octanol–water partition coefficient (Wildman–Crippen LogP) is 1.46. The van der Waals surface area contributed by atoms with Gasteiger partial charge in [0, 0.05) is 37.0 Å². The average molecular weight is 210 g/mol. The second kappa shape index (κ2) is 4.27. The maximum Gasteiger partial charge on any atom is 0.272 e. The first-order valence-electron chi connectivity index (χ1n) is 4.53. The van der Waals surface area contributed by atoms with Crippen LogP contribution in [0.5, 0.6) is 0 Å². The lowest BCUT2D eigenvalue weighted by Gasteiger charge is -2.17. The topological polar surface area (TPSA) is 66.6 Å². The van der Waals surface area contributed by atoms with E-state index in [1.165, 1.54) is 6.07 Å². The van der Waals surface area contributed by atoms with Crippen LogP contribution < -0.4 is 4.90 Å². The van der Waals surface area contributed by atoms with Crippen molar-refractivity contribution in [3.8, 4) is 0 Å². The van der Waals surface area contributed by atoms with Gasteiger partial charge < -0.3 is 10.0 Å². The number of hydrogen-bond acceptors (Lipinski definition) is 4. The standard InChI is InChI=1S/C10H14N2O3/c1-7-4-10(11(2)3)8(6-13)5-9(7)12(14)15/h4-5,13H,6H2,1-3H3. The summed E-state index contributed by atoms with van der Waals surface area (Å²) in [7, 11) is 3.67. The Kier molecular flexibility index (Phi) is 3.26. The number of anilines is 1. The van der Waals surface area contributed by atoms with Gasteiger partial charge >= 0.3 is 0 Å². The Bertz CT molecular complexity index is 388. The summed E-state index contributed by atoms with van der Waals surface area (Å²) in [6, 6.07) is 3.13. The molecular weight excluding hydrogens is 196 g/mol. The highest BCUT2D eigenvalue weighted by Crippen LogP contribution is 2.28. The molecule has 0 radical (unpaired) electrons. The van der Waals surface area contributed by atoms with Crippen LogP contribution in [0.15, 0.2) is 12.1 Å². The minimum absolute atomic E-state index is 0.0460. The van der Waals surface area contributed by atoms with Crippen molar-refractivity contribution < 1.29 is 10.0 Å². The number of aliphatic hydroxyl groups is 1. The van der Waals surface area contributed by atoms with Crippen LogP contribution in [0.2, 0.25) is 0 Å². The Morgan fingerprint density at radius 1 is 1.47 bits per heavy atom. The summed E-state index contributed by atoms with van der Waals surface area (Å²) < 4.78 is 0. The van der Waals surface area contributed by atoms with Gasteiger partial charge in [-0.25, -0.2) is 0 Å². The summed E-state index contributed by atoms with van der Waals surface area (Å²) in [5.74, 6) is 0. The molecule has 0 atom stereocenters. The van der Waals surface area contributed by atoms with Crippen molar-refractivity contribution in [2.24, 2.45) is 0 Å². The van der Waals surface area contributed by atoms with E-state index >= 15 is 0 Å². The molecule has 0 aliphatic heterocycles. The van der Waals surface area contributed by atoms with E-state index in [9.17, 15) is 10.1 Å². The van der Waals surface area contributed by atoms with Gasteiger partial charge in [-0.2, -0.15) is 0 Å². The van der Waals surface area contributed by atoms with E-state index in [-0.39, 0.29) is 12.3 Å². The van der Waals surface area contributed by atoms with Crippen LogP contribution in [-0.4, -0.2) is 24.1 Å². The predicted molar refractivity (Wildman–Crippen MR) is 58.1 cm³/mol. The summed E-state index contributed by atoms with van der Waals surface area (Å²) in [6.07, 6.45) is 0. The zero-order valence-corrected chi connectivity index (χ0v) is 9.02. The van der Waals surface area contributed by atoms with Crippen molar-refractivity contribution >= 4 is 11.4 Å². The van der Waals surface area contributed by atoms with Gasteiger partial charge in [-0.05, 0) is 13.0 Å². The fraction of sp³-hybridized carbons (Fsp3) is 0.400. The monoisotopic (exact) mass is 210 g/mol. The lowest BCUT2D eigenvalue weighted by atomic mass is 10.1. The minimum Gasteiger partial charge on any atom is -0.392 e. The average Bonchev–Trinajstić information content (AvgIpc) is 2.16. The van der Waals surface area contributed by atoms with Crippen LogP contribution >= 0.6 is 0 Å². The number of benzene rings is 1. The Hall–Kier alpha value is -1.62. The van der Waals surface area contributed by atoms with Crippen molar-refractivity contribution in [2.75, 3.05) is 19.0 Å². The Morgan fingerprint density at radius 3 is 2.47 bits per heavy atom. The molecule has 5 heteroatoms. The molecule has 0 fully saturated rings. The van der Waals surface area contributed by atoms with Crippen molar-refractivity contribution in [1.29, 1.82) is 0 Å². The molecule has 0 unspecified atom stereocenters. The highest BCUT2D eigenvalue weighted by molar-refractivity contribution is 5.60. The third-order valence-corrected chi connectivity index (χ3v) is 2.25. The lowest BCUT2D eigenvalue weighted by molar-refractivity contribution is -0.385. The molecule has 0 aliphatic carbocycles. The minimum atomic E-state index is -0.437. The molecule has 1 rings (SSSR count). The molecule has 0 heterocycles. The van der Waals surface area contributed by atoms with Crippen molar-refractivity contribution in [1.82, 2.24) is 0 Å². The number of nitro benzene ring substituents is 1. The van der Waals surface area contributed by atoms with E-state index in [2.05, 4.69) is 0 Å². The molecule has 0 saturated carbocycles. The van der Waals surface area contributed by atoms with Gasteiger partial charge in [0.05, 0.1) is 11.5 Å². The largest absolute Gasteiger partial charge is 0.392 e. The number of nitro groups is 1. The Labute approximate surface area is 88.1 Å². The summed E-state index contributed by atoms with van der Waals surface area (Å²) in [6.45, 7) is 1.49. The van der Waals surface area contributed by atoms with E-state index in [0.29, 0.717) is 11.1 Å². The molecule has 0 bridgehead atoms. The molecule has 0 aromatic heterocycles. The molecule has 0 amide bonds. The Morgan fingerprint density at radius 2 is 2.07 bits per heavy atom. The molecule has 15 heavy (non-hydrogen) atoms. The highest BCUT2D eigenvalue weighted by Gasteiger charge is 2.15. The van der Waals surface area contributed by atoms with Crippen molar-refractivity contribution in [3.05, 3.63) is 33.4 Å². The smallest absolute Gasteiger partial charge is 0.272 e. The van der Waals surface area contributed by atoms with E-state index in [1.54, 1.807) is 13.0 Å². The summed E-state index contributed by atoms with van der Waals surface area (Å²) in [5, 5.41) is 19.8. The van der Waals surface area contributed by atoms with Gasteiger partial charge in [-0.1, -0.05) is 0 Å². The van der Waals surface area contributed by atoms with Gasteiger partial charge in [-0.3, -0.25) is 10.1 Å². The first-order valence-corrected chi connectivity index (χ1v) is 4.53.